The summed E-state index contributed by atoms with van der Waals surface area (Å²) in [5, 5.41) is 13.7. The predicted octanol–water partition coefficient (Wildman–Crippen LogP) is 2.42. The second-order valence-corrected chi connectivity index (χ2v) is 7.64. The van der Waals surface area contributed by atoms with Crippen molar-refractivity contribution < 1.29 is 9.69 Å². The van der Waals surface area contributed by atoms with E-state index in [1.54, 1.807) is 11.3 Å². The third kappa shape index (κ3) is 3.62. The van der Waals surface area contributed by atoms with Crippen molar-refractivity contribution in [2.24, 2.45) is 0 Å². The SMILES string of the molecule is C[NH+](CC(=O)Nc1sc2c(c1C#N)CCC2)Cc1ccccc1Cl. The van der Waals surface area contributed by atoms with Crippen LogP contribution >= 0.6 is 22.9 Å². The molecule has 0 bridgehead atoms. The van der Waals surface area contributed by atoms with Gasteiger partial charge in [0, 0.05) is 15.5 Å². The molecule has 3 rings (SSSR count). The van der Waals surface area contributed by atoms with E-state index in [1.807, 2.05) is 31.3 Å². The van der Waals surface area contributed by atoms with Crippen LogP contribution in [0.3, 0.4) is 0 Å². The van der Waals surface area contributed by atoms with Gasteiger partial charge in [0.15, 0.2) is 6.54 Å². The van der Waals surface area contributed by atoms with Crippen LogP contribution < -0.4 is 10.2 Å². The highest BCUT2D eigenvalue weighted by Crippen LogP contribution is 2.38. The van der Waals surface area contributed by atoms with Gasteiger partial charge in [0.05, 0.1) is 12.6 Å². The van der Waals surface area contributed by atoms with Crippen LogP contribution in [0, 0.1) is 11.3 Å². The van der Waals surface area contributed by atoms with Gasteiger partial charge in [-0.15, -0.1) is 11.3 Å². The third-order valence-corrected chi connectivity index (χ3v) is 5.77. The van der Waals surface area contributed by atoms with Crippen LogP contribution in [0.15, 0.2) is 24.3 Å². The zero-order valence-corrected chi connectivity index (χ0v) is 15.1. The molecule has 0 spiro atoms. The van der Waals surface area contributed by atoms with E-state index in [4.69, 9.17) is 11.6 Å². The number of hydrogen-bond donors (Lipinski definition) is 2. The molecule has 1 heterocycles. The van der Waals surface area contributed by atoms with Gasteiger partial charge in [-0.05, 0) is 30.9 Å². The molecule has 1 aliphatic rings. The fourth-order valence-corrected chi connectivity index (χ4v) is 4.54. The molecule has 124 valence electrons. The molecule has 6 heteroatoms. The number of benzene rings is 1. The Morgan fingerprint density at radius 2 is 2.21 bits per heavy atom. The van der Waals surface area contributed by atoms with Gasteiger partial charge in [-0.25, -0.2) is 0 Å². The van der Waals surface area contributed by atoms with E-state index in [1.165, 1.54) is 4.88 Å². The second-order valence-electron chi connectivity index (χ2n) is 6.12. The predicted molar refractivity (Wildman–Crippen MR) is 96.6 cm³/mol. The quantitative estimate of drug-likeness (QED) is 0.860. The minimum atomic E-state index is -0.0732. The van der Waals surface area contributed by atoms with Crippen molar-refractivity contribution in [3.05, 3.63) is 50.9 Å². The number of hydrogen-bond acceptors (Lipinski definition) is 3. The maximum absolute atomic E-state index is 12.3. The van der Waals surface area contributed by atoms with Crippen molar-refractivity contribution in [2.45, 2.75) is 25.8 Å². The fourth-order valence-electron chi connectivity index (χ4n) is 3.08. The van der Waals surface area contributed by atoms with Crippen molar-refractivity contribution in [3.63, 3.8) is 0 Å². The first kappa shape index (κ1) is 17.0. The lowest BCUT2D eigenvalue weighted by Gasteiger charge is -2.14. The number of likely N-dealkylation sites (N-methyl/N-ethyl adjacent to an activating group) is 1. The highest BCUT2D eigenvalue weighted by atomic mass is 35.5. The number of nitrogens with one attached hydrogen (secondary N) is 2. The van der Waals surface area contributed by atoms with Crippen LogP contribution in [0.2, 0.25) is 5.02 Å². The molecule has 4 nitrogen and oxygen atoms in total. The Morgan fingerprint density at radius 3 is 2.96 bits per heavy atom. The number of nitrogens with zero attached hydrogens (tertiary/aromatic N) is 1. The highest BCUT2D eigenvalue weighted by molar-refractivity contribution is 7.16. The average Bonchev–Trinajstić information content (AvgIpc) is 3.09. The zero-order valence-electron chi connectivity index (χ0n) is 13.5. The molecule has 1 unspecified atom stereocenters. The summed E-state index contributed by atoms with van der Waals surface area (Å²) in [6, 6.07) is 9.93. The van der Waals surface area contributed by atoms with Crippen molar-refractivity contribution in [2.75, 3.05) is 18.9 Å². The third-order valence-electron chi connectivity index (χ3n) is 4.20. The van der Waals surface area contributed by atoms with E-state index in [9.17, 15) is 10.1 Å². The number of carbonyl (C=O) groups excluding carboxylic acids is 1. The maximum atomic E-state index is 12.3. The summed E-state index contributed by atoms with van der Waals surface area (Å²) in [5.41, 5.74) is 2.82. The van der Waals surface area contributed by atoms with Crippen LogP contribution in [0.25, 0.3) is 0 Å². The number of carbonyl (C=O) groups is 1. The molecule has 1 amide bonds. The number of nitriles is 1. The Labute approximate surface area is 150 Å². The molecule has 2 N–H and O–H groups in total. The maximum Gasteiger partial charge on any atom is 0.280 e. The van der Waals surface area contributed by atoms with E-state index < -0.39 is 0 Å². The van der Waals surface area contributed by atoms with E-state index in [0.29, 0.717) is 23.7 Å². The number of amides is 1. The number of anilines is 1. The largest absolute Gasteiger partial charge is 0.326 e. The first-order valence-electron chi connectivity index (χ1n) is 7.97. The smallest absolute Gasteiger partial charge is 0.280 e. The molecule has 1 aliphatic carbocycles. The first-order valence-corrected chi connectivity index (χ1v) is 9.17. The molecule has 24 heavy (non-hydrogen) atoms. The normalized spacial score (nSPS) is 14.0. The van der Waals surface area contributed by atoms with Gasteiger partial charge in [-0.1, -0.05) is 29.8 Å². The molecular formula is C18H19ClN3OS+. The minimum absolute atomic E-state index is 0.0732. The van der Waals surface area contributed by atoms with Gasteiger partial charge in [-0.2, -0.15) is 5.26 Å². The monoisotopic (exact) mass is 360 g/mol. The van der Waals surface area contributed by atoms with Gasteiger partial charge >= 0.3 is 0 Å². The summed E-state index contributed by atoms with van der Waals surface area (Å²) >= 11 is 7.72. The van der Waals surface area contributed by atoms with E-state index >= 15 is 0 Å². The van der Waals surface area contributed by atoms with Crippen LogP contribution in [-0.2, 0) is 24.2 Å². The molecular weight excluding hydrogens is 342 g/mol. The number of quaternary nitrogens is 1. The average molecular weight is 361 g/mol. The van der Waals surface area contributed by atoms with Crippen molar-refractivity contribution in [3.8, 4) is 6.07 Å². The van der Waals surface area contributed by atoms with Crippen LogP contribution in [0.1, 0.15) is 28.0 Å². The Balaban J connectivity index is 1.62. The number of aryl methyl sites for hydroxylation is 1. The second kappa shape index (κ2) is 7.35. The number of fused-ring (bicyclic) bond motifs is 1. The molecule has 0 saturated heterocycles. The van der Waals surface area contributed by atoms with Crippen LogP contribution in [0.5, 0.6) is 0 Å². The van der Waals surface area contributed by atoms with E-state index in [2.05, 4.69) is 11.4 Å². The molecule has 1 aromatic carbocycles. The summed E-state index contributed by atoms with van der Waals surface area (Å²) in [5.74, 6) is -0.0732. The Hall–Kier alpha value is -1.87. The van der Waals surface area contributed by atoms with Gasteiger partial charge in [-0.3, -0.25) is 4.79 Å². The summed E-state index contributed by atoms with van der Waals surface area (Å²) < 4.78 is 0. The van der Waals surface area contributed by atoms with Gasteiger partial charge in [0.2, 0.25) is 0 Å². The Kier molecular flexibility index (Phi) is 5.20. The lowest BCUT2D eigenvalue weighted by molar-refractivity contribution is -0.885. The van der Waals surface area contributed by atoms with Crippen molar-refractivity contribution in [1.29, 1.82) is 5.26 Å². The van der Waals surface area contributed by atoms with E-state index in [0.717, 1.165) is 40.3 Å². The van der Waals surface area contributed by atoms with Crippen molar-refractivity contribution >= 4 is 33.8 Å². The minimum Gasteiger partial charge on any atom is -0.326 e. The highest BCUT2D eigenvalue weighted by Gasteiger charge is 2.23. The number of thiophene rings is 1. The molecule has 2 aromatic rings. The molecule has 1 aromatic heterocycles. The van der Waals surface area contributed by atoms with Crippen LogP contribution in [-0.4, -0.2) is 19.5 Å². The van der Waals surface area contributed by atoms with Gasteiger partial charge in [0.1, 0.15) is 17.6 Å². The summed E-state index contributed by atoms with van der Waals surface area (Å²) in [6.45, 7) is 1.01. The Bertz CT molecular complexity index is 809. The lowest BCUT2D eigenvalue weighted by Crippen LogP contribution is -3.08. The number of halogens is 1. The van der Waals surface area contributed by atoms with Crippen molar-refractivity contribution in [1.82, 2.24) is 0 Å². The van der Waals surface area contributed by atoms with Gasteiger partial charge < -0.3 is 10.2 Å². The van der Waals surface area contributed by atoms with E-state index in [-0.39, 0.29) is 5.91 Å². The standard InChI is InChI=1S/C18H18ClN3OS/c1-22(10-12-5-2-3-7-15(12)19)11-17(23)21-18-14(9-20)13-6-4-8-16(13)24-18/h2-3,5,7H,4,6,8,10-11H2,1H3,(H,21,23)/p+1. The van der Waals surface area contributed by atoms with Gasteiger partial charge in [0.25, 0.3) is 5.91 Å². The topological polar surface area (TPSA) is 57.3 Å². The van der Waals surface area contributed by atoms with Crippen LogP contribution in [0.4, 0.5) is 5.00 Å². The fraction of sp³-hybridized carbons (Fsp3) is 0.333. The molecule has 0 fully saturated rings. The number of rotatable bonds is 5. The summed E-state index contributed by atoms with van der Waals surface area (Å²) in [7, 11) is 1.96. The zero-order chi connectivity index (χ0) is 17.1. The Morgan fingerprint density at radius 1 is 1.42 bits per heavy atom. The molecule has 0 aliphatic heterocycles. The summed E-state index contributed by atoms with van der Waals surface area (Å²) in [6.07, 6.45) is 3.07. The molecule has 0 saturated carbocycles. The molecule has 1 atom stereocenters. The lowest BCUT2D eigenvalue weighted by atomic mass is 10.1. The summed E-state index contributed by atoms with van der Waals surface area (Å²) in [4.78, 5) is 14.6. The first-order chi connectivity index (χ1) is 11.6. The molecule has 0 radical (unpaired) electrons.